The second-order valence-electron chi connectivity index (χ2n) is 6.29. The molecule has 1 unspecified atom stereocenters. The van der Waals surface area contributed by atoms with Gasteiger partial charge >= 0.3 is 0 Å². The summed E-state index contributed by atoms with van der Waals surface area (Å²) in [7, 11) is 0. The van der Waals surface area contributed by atoms with E-state index in [9.17, 15) is 9.59 Å². The normalized spacial score (nSPS) is 22.3. The zero-order valence-corrected chi connectivity index (χ0v) is 14.1. The first-order valence-electron chi connectivity index (χ1n) is 8.42. The highest BCUT2D eigenvalue weighted by Crippen LogP contribution is 2.19. The third kappa shape index (κ3) is 4.54. The number of ether oxygens (including phenoxy) is 1. The summed E-state index contributed by atoms with van der Waals surface area (Å²) in [5.74, 6) is 0.318. The van der Waals surface area contributed by atoms with Crippen molar-refractivity contribution in [1.82, 2.24) is 10.2 Å². The maximum absolute atomic E-state index is 12.3. The highest BCUT2D eigenvalue weighted by molar-refractivity contribution is 7.10. The molecule has 1 aromatic rings. The minimum Gasteiger partial charge on any atom is -0.376 e. The van der Waals surface area contributed by atoms with Crippen molar-refractivity contribution in [2.24, 2.45) is 5.92 Å². The molecule has 0 saturated carbocycles. The molecule has 2 aliphatic rings. The van der Waals surface area contributed by atoms with Gasteiger partial charge in [0.2, 0.25) is 11.8 Å². The van der Waals surface area contributed by atoms with Crippen LogP contribution in [0.1, 0.15) is 30.6 Å². The fourth-order valence-electron chi connectivity index (χ4n) is 3.23. The molecule has 126 valence electrons. The Bertz CT molecular complexity index is 518. The number of carbonyl (C=O) groups excluding carboxylic acids is 2. The molecule has 0 spiro atoms. The largest absolute Gasteiger partial charge is 0.376 e. The highest BCUT2D eigenvalue weighted by Gasteiger charge is 2.28. The Morgan fingerprint density at radius 1 is 1.30 bits per heavy atom. The second-order valence-corrected chi connectivity index (χ2v) is 7.32. The van der Waals surface area contributed by atoms with E-state index in [4.69, 9.17) is 4.74 Å². The van der Waals surface area contributed by atoms with Gasteiger partial charge in [-0.3, -0.25) is 9.59 Å². The van der Waals surface area contributed by atoms with Gasteiger partial charge in [-0.25, -0.2) is 0 Å². The highest BCUT2D eigenvalue weighted by atomic mass is 32.1. The number of rotatable bonds is 5. The molecule has 0 aromatic carbocycles. The van der Waals surface area contributed by atoms with Gasteiger partial charge < -0.3 is 15.0 Å². The van der Waals surface area contributed by atoms with E-state index in [-0.39, 0.29) is 23.8 Å². The fraction of sp³-hybridized carbons (Fsp3) is 0.647. The van der Waals surface area contributed by atoms with Crippen LogP contribution in [0.2, 0.25) is 0 Å². The first-order chi connectivity index (χ1) is 11.2. The zero-order valence-electron chi connectivity index (χ0n) is 13.3. The van der Waals surface area contributed by atoms with Crippen molar-refractivity contribution in [3.8, 4) is 0 Å². The van der Waals surface area contributed by atoms with Crippen molar-refractivity contribution in [2.45, 2.75) is 38.2 Å². The van der Waals surface area contributed by atoms with Crippen molar-refractivity contribution in [3.63, 3.8) is 0 Å². The van der Waals surface area contributed by atoms with Crippen LogP contribution < -0.4 is 5.32 Å². The summed E-state index contributed by atoms with van der Waals surface area (Å²) >= 11 is 1.62. The molecule has 23 heavy (non-hydrogen) atoms. The van der Waals surface area contributed by atoms with Crippen LogP contribution >= 0.6 is 11.3 Å². The van der Waals surface area contributed by atoms with Crippen molar-refractivity contribution >= 4 is 23.2 Å². The molecular weight excluding hydrogens is 312 g/mol. The monoisotopic (exact) mass is 336 g/mol. The molecule has 2 aliphatic heterocycles. The van der Waals surface area contributed by atoms with E-state index in [2.05, 4.69) is 5.32 Å². The smallest absolute Gasteiger partial charge is 0.227 e. The van der Waals surface area contributed by atoms with Crippen LogP contribution in [0.3, 0.4) is 0 Å². The molecule has 1 atom stereocenters. The topological polar surface area (TPSA) is 58.6 Å². The SMILES string of the molecule is O=C(NCC1CCCO1)C1CCN(C(=O)Cc2cccs2)CC1. The second kappa shape index (κ2) is 7.93. The first-order valence-corrected chi connectivity index (χ1v) is 9.30. The Morgan fingerprint density at radius 3 is 2.78 bits per heavy atom. The van der Waals surface area contributed by atoms with Crippen LogP contribution in [0.5, 0.6) is 0 Å². The molecule has 3 heterocycles. The Kier molecular flexibility index (Phi) is 5.67. The van der Waals surface area contributed by atoms with Gasteiger partial charge in [0, 0.05) is 37.0 Å². The van der Waals surface area contributed by atoms with E-state index in [1.165, 1.54) is 0 Å². The molecule has 6 heteroatoms. The van der Waals surface area contributed by atoms with Gasteiger partial charge in [0.1, 0.15) is 0 Å². The van der Waals surface area contributed by atoms with Crippen LogP contribution in [0.25, 0.3) is 0 Å². The van der Waals surface area contributed by atoms with Gasteiger partial charge in [0.25, 0.3) is 0 Å². The summed E-state index contributed by atoms with van der Waals surface area (Å²) in [4.78, 5) is 27.5. The molecule has 2 amide bonds. The molecule has 3 rings (SSSR count). The van der Waals surface area contributed by atoms with Gasteiger partial charge in [-0.15, -0.1) is 11.3 Å². The van der Waals surface area contributed by atoms with E-state index in [0.717, 1.165) is 37.2 Å². The summed E-state index contributed by atoms with van der Waals surface area (Å²) in [6.07, 6.45) is 4.31. The van der Waals surface area contributed by atoms with Crippen molar-refractivity contribution in [1.29, 1.82) is 0 Å². The maximum atomic E-state index is 12.3. The number of amides is 2. The molecule has 1 aromatic heterocycles. The summed E-state index contributed by atoms with van der Waals surface area (Å²) in [6, 6.07) is 3.96. The van der Waals surface area contributed by atoms with Crippen LogP contribution in [0.4, 0.5) is 0 Å². The molecule has 0 radical (unpaired) electrons. The lowest BCUT2D eigenvalue weighted by molar-refractivity contribution is -0.135. The standard InChI is InChI=1S/C17H24N2O3S/c20-16(11-15-4-2-10-23-15)19-7-5-13(6-8-19)17(21)18-12-14-3-1-9-22-14/h2,4,10,13-14H,1,3,5-9,11-12H2,(H,18,21). The number of hydrogen-bond donors (Lipinski definition) is 1. The van der Waals surface area contributed by atoms with E-state index in [1.807, 2.05) is 22.4 Å². The Morgan fingerprint density at radius 2 is 2.13 bits per heavy atom. The number of nitrogens with one attached hydrogen (secondary N) is 1. The minimum absolute atomic E-state index is 0.0298. The average molecular weight is 336 g/mol. The summed E-state index contributed by atoms with van der Waals surface area (Å²) in [6.45, 7) is 2.80. The van der Waals surface area contributed by atoms with Crippen molar-refractivity contribution in [3.05, 3.63) is 22.4 Å². The Balaban J connectivity index is 1.39. The van der Waals surface area contributed by atoms with Crippen molar-refractivity contribution in [2.75, 3.05) is 26.2 Å². The van der Waals surface area contributed by atoms with E-state index in [0.29, 0.717) is 26.1 Å². The summed E-state index contributed by atoms with van der Waals surface area (Å²) in [5.41, 5.74) is 0. The lowest BCUT2D eigenvalue weighted by atomic mass is 9.95. The third-order valence-electron chi connectivity index (χ3n) is 4.65. The van der Waals surface area contributed by atoms with Gasteiger partial charge in [0.15, 0.2) is 0 Å². The maximum Gasteiger partial charge on any atom is 0.227 e. The summed E-state index contributed by atoms with van der Waals surface area (Å²) < 4.78 is 5.52. The minimum atomic E-state index is 0.0298. The molecule has 0 bridgehead atoms. The van der Waals surface area contributed by atoms with Gasteiger partial charge in [-0.05, 0) is 37.1 Å². The first kappa shape index (κ1) is 16.5. The number of nitrogens with zero attached hydrogens (tertiary/aromatic N) is 1. The quantitative estimate of drug-likeness (QED) is 0.892. The zero-order chi connectivity index (χ0) is 16.1. The van der Waals surface area contributed by atoms with Crippen LogP contribution in [0, 0.1) is 5.92 Å². The van der Waals surface area contributed by atoms with Crippen molar-refractivity contribution < 1.29 is 14.3 Å². The Labute approximate surface area is 141 Å². The number of carbonyl (C=O) groups is 2. The van der Waals surface area contributed by atoms with Crippen LogP contribution in [-0.2, 0) is 20.7 Å². The van der Waals surface area contributed by atoms with E-state index in [1.54, 1.807) is 11.3 Å². The van der Waals surface area contributed by atoms with Gasteiger partial charge in [-0.2, -0.15) is 0 Å². The molecule has 1 N–H and O–H groups in total. The number of hydrogen-bond acceptors (Lipinski definition) is 4. The van der Waals surface area contributed by atoms with Gasteiger partial charge in [-0.1, -0.05) is 6.07 Å². The average Bonchev–Trinajstić information content (AvgIpc) is 3.26. The third-order valence-corrected chi connectivity index (χ3v) is 5.53. The number of piperidine rings is 1. The lowest BCUT2D eigenvalue weighted by Crippen LogP contribution is -2.44. The lowest BCUT2D eigenvalue weighted by Gasteiger charge is -2.31. The number of thiophene rings is 1. The Hall–Kier alpha value is -1.40. The molecule has 2 saturated heterocycles. The molecule has 5 nitrogen and oxygen atoms in total. The van der Waals surface area contributed by atoms with Crippen LogP contribution in [0.15, 0.2) is 17.5 Å². The van der Waals surface area contributed by atoms with E-state index >= 15 is 0 Å². The van der Waals surface area contributed by atoms with E-state index < -0.39 is 0 Å². The molecule has 0 aliphatic carbocycles. The molecular formula is C17H24N2O3S. The predicted octanol–water partition coefficient (Wildman–Crippen LogP) is 1.82. The number of likely N-dealkylation sites (tertiary alicyclic amines) is 1. The van der Waals surface area contributed by atoms with Gasteiger partial charge in [0.05, 0.1) is 12.5 Å². The molecule has 2 fully saturated rings. The fourth-order valence-corrected chi connectivity index (χ4v) is 3.93. The predicted molar refractivity (Wildman–Crippen MR) is 89.3 cm³/mol. The van der Waals surface area contributed by atoms with Crippen LogP contribution in [-0.4, -0.2) is 49.1 Å². The summed E-state index contributed by atoms with van der Waals surface area (Å²) in [5, 5.41) is 5.00.